The maximum atomic E-state index is 11.8. The number of hydrogen-bond acceptors (Lipinski definition) is 4. The van der Waals surface area contributed by atoms with E-state index in [9.17, 15) is 4.79 Å². The van der Waals surface area contributed by atoms with Gasteiger partial charge in [-0.2, -0.15) is 0 Å². The van der Waals surface area contributed by atoms with Crippen molar-refractivity contribution in [1.82, 2.24) is 4.90 Å². The van der Waals surface area contributed by atoms with Gasteiger partial charge in [-0.05, 0) is 38.6 Å². The van der Waals surface area contributed by atoms with Crippen molar-refractivity contribution in [1.29, 1.82) is 0 Å². The van der Waals surface area contributed by atoms with Gasteiger partial charge in [0.1, 0.15) is 0 Å². The van der Waals surface area contributed by atoms with Crippen LogP contribution in [-0.2, 0) is 9.53 Å². The highest BCUT2D eigenvalue weighted by molar-refractivity contribution is 5.92. The third-order valence-corrected chi connectivity index (χ3v) is 2.80. The Morgan fingerprint density at radius 1 is 1.47 bits per heavy atom. The van der Waals surface area contributed by atoms with E-state index in [1.807, 2.05) is 37.9 Å². The minimum Gasteiger partial charge on any atom is -0.398 e. The predicted octanol–water partition coefficient (Wildman–Crippen LogP) is 1.48. The van der Waals surface area contributed by atoms with Gasteiger partial charge in [-0.25, -0.2) is 0 Å². The molecule has 5 heteroatoms. The molecule has 3 N–H and O–H groups in total. The second-order valence-electron chi connectivity index (χ2n) is 4.55. The molecule has 0 unspecified atom stereocenters. The van der Waals surface area contributed by atoms with Gasteiger partial charge in [0.25, 0.3) is 0 Å². The van der Waals surface area contributed by atoms with Gasteiger partial charge in [0.05, 0.1) is 13.2 Å². The van der Waals surface area contributed by atoms with Gasteiger partial charge in [-0.1, -0.05) is 6.07 Å². The van der Waals surface area contributed by atoms with E-state index in [0.717, 1.165) is 17.8 Å². The highest BCUT2D eigenvalue weighted by Gasteiger charge is 2.07. The van der Waals surface area contributed by atoms with Crippen LogP contribution in [0.2, 0.25) is 0 Å². The van der Waals surface area contributed by atoms with Gasteiger partial charge in [0, 0.05) is 24.5 Å². The molecule has 0 atom stereocenters. The van der Waals surface area contributed by atoms with Gasteiger partial charge in [0.2, 0.25) is 5.91 Å². The number of likely N-dealkylation sites (N-methyl/N-ethyl adjacent to an activating group) is 1. The molecule has 0 aliphatic heterocycles. The number of rotatable bonds is 7. The van der Waals surface area contributed by atoms with Crippen molar-refractivity contribution in [3.8, 4) is 0 Å². The van der Waals surface area contributed by atoms with E-state index in [4.69, 9.17) is 10.5 Å². The van der Waals surface area contributed by atoms with E-state index in [0.29, 0.717) is 25.4 Å². The Morgan fingerprint density at radius 2 is 2.21 bits per heavy atom. The van der Waals surface area contributed by atoms with Crippen molar-refractivity contribution in [2.75, 3.05) is 44.4 Å². The third kappa shape index (κ3) is 5.72. The molecule has 19 heavy (non-hydrogen) atoms. The highest BCUT2D eigenvalue weighted by atomic mass is 16.5. The first kappa shape index (κ1) is 15.5. The topological polar surface area (TPSA) is 67.6 Å². The first-order valence-electron chi connectivity index (χ1n) is 6.45. The number of amides is 1. The molecule has 106 valence electrons. The summed E-state index contributed by atoms with van der Waals surface area (Å²) in [5.74, 6) is -0.0535. The second-order valence-corrected chi connectivity index (χ2v) is 4.55. The normalized spacial score (nSPS) is 10.7. The number of nitrogens with two attached hydrogens (primary N) is 1. The van der Waals surface area contributed by atoms with Crippen LogP contribution in [0, 0.1) is 6.92 Å². The molecule has 0 radical (unpaired) electrons. The Kier molecular flexibility index (Phi) is 6.32. The Labute approximate surface area is 114 Å². The van der Waals surface area contributed by atoms with Crippen molar-refractivity contribution < 1.29 is 9.53 Å². The zero-order chi connectivity index (χ0) is 14.3. The zero-order valence-electron chi connectivity index (χ0n) is 11.9. The van der Waals surface area contributed by atoms with Gasteiger partial charge in [-0.3, -0.25) is 9.69 Å². The summed E-state index contributed by atoms with van der Waals surface area (Å²) < 4.78 is 5.24. The standard InChI is InChI=1S/C14H23N3O2/c1-4-19-8-7-17(3)10-14(18)16-12-6-5-11(2)13(15)9-12/h5-6,9H,4,7-8,10,15H2,1-3H3,(H,16,18). The molecule has 1 aromatic carbocycles. The van der Waals surface area contributed by atoms with Crippen LogP contribution < -0.4 is 11.1 Å². The van der Waals surface area contributed by atoms with E-state index in [2.05, 4.69) is 5.32 Å². The number of nitrogens with one attached hydrogen (secondary N) is 1. The Morgan fingerprint density at radius 3 is 2.84 bits per heavy atom. The molecular weight excluding hydrogens is 242 g/mol. The lowest BCUT2D eigenvalue weighted by Gasteiger charge is -2.16. The molecule has 0 aliphatic carbocycles. The van der Waals surface area contributed by atoms with Crippen molar-refractivity contribution in [2.45, 2.75) is 13.8 Å². The maximum Gasteiger partial charge on any atom is 0.238 e. The minimum atomic E-state index is -0.0535. The lowest BCUT2D eigenvalue weighted by Crippen LogP contribution is -2.32. The number of carbonyl (C=O) groups excluding carboxylic acids is 1. The molecule has 0 heterocycles. The SMILES string of the molecule is CCOCCN(C)CC(=O)Nc1ccc(C)c(N)c1. The minimum absolute atomic E-state index is 0.0535. The van der Waals surface area contributed by atoms with E-state index in [1.165, 1.54) is 0 Å². The van der Waals surface area contributed by atoms with E-state index in [-0.39, 0.29) is 5.91 Å². The number of aryl methyl sites for hydroxylation is 1. The molecule has 0 aliphatic rings. The quantitative estimate of drug-likeness (QED) is 0.579. The molecule has 0 fully saturated rings. The molecule has 0 bridgehead atoms. The van der Waals surface area contributed by atoms with Crippen LogP contribution in [0.5, 0.6) is 0 Å². The molecule has 0 saturated heterocycles. The molecule has 0 aromatic heterocycles. The average molecular weight is 265 g/mol. The summed E-state index contributed by atoms with van der Waals surface area (Å²) in [4.78, 5) is 13.7. The summed E-state index contributed by atoms with van der Waals surface area (Å²) in [7, 11) is 1.89. The summed E-state index contributed by atoms with van der Waals surface area (Å²) in [6.07, 6.45) is 0. The molecule has 0 saturated carbocycles. The predicted molar refractivity (Wildman–Crippen MR) is 78.2 cm³/mol. The highest BCUT2D eigenvalue weighted by Crippen LogP contribution is 2.16. The fourth-order valence-corrected chi connectivity index (χ4v) is 1.61. The van der Waals surface area contributed by atoms with Crippen LogP contribution >= 0.6 is 0 Å². The summed E-state index contributed by atoms with van der Waals surface area (Å²) in [5, 5.41) is 2.83. The second kappa shape index (κ2) is 7.76. The van der Waals surface area contributed by atoms with Crippen LogP contribution in [0.1, 0.15) is 12.5 Å². The van der Waals surface area contributed by atoms with E-state index in [1.54, 1.807) is 6.07 Å². The number of ether oxygens (including phenoxy) is 1. The Hall–Kier alpha value is -1.59. The molecule has 1 amide bonds. The fraction of sp³-hybridized carbons (Fsp3) is 0.500. The zero-order valence-corrected chi connectivity index (χ0v) is 11.9. The third-order valence-electron chi connectivity index (χ3n) is 2.80. The largest absolute Gasteiger partial charge is 0.398 e. The number of carbonyl (C=O) groups is 1. The molecule has 1 aromatic rings. The Balaban J connectivity index is 2.39. The first-order chi connectivity index (χ1) is 9.02. The van der Waals surface area contributed by atoms with Gasteiger partial charge in [-0.15, -0.1) is 0 Å². The van der Waals surface area contributed by atoms with Crippen LogP contribution in [-0.4, -0.2) is 44.2 Å². The first-order valence-corrected chi connectivity index (χ1v) is 6.45. The maximum absolute atomic E-state index is 11.8. The number of anilines is 2. The summed E-state index contributed by atoms with van der Waals surface area (Å²) >= 11 is 0. The van der Waals surface area contributed by atoms with E-state index >= 15 is 0 Å². The fourth-order valence-electron chi connectivity index (χ4n) is 1.61. The van der Waals surface area contributed by atoms with Crippen molar-refractivity contribution in [2.24, 2.45) is 0 Å². The van der Waals surface area contributed by atoms with Gasteiger partial charge < -0.3 is 15.8 Å². The average Bonchev–Trinajstić information content (AvgIpc) is 2.34. The lowest BCUT2D eigenvalue weighted by molar-refractivity contribution is -0.117. The van der Waals surface area contributed by atoms with Gasteiger partial charge >= 0.3 is 0 Å². The van der Waals surface area contributed by atoms with Crippen molar-refractivity contribution in [3.05, 3.63) is 23.8 Å². The van der Waals surface area contributed by atoms with Crippen LogP contribution in [0.3, 0.4) is 0 Å². The van der Waals surface area contributed by atoms with E-state index < -0.39 is 0 Å². The molecule has 5 nitrogen and oxygen atoms in total. The van der Waals surface area contributed by atoms with Crippen LogP contribution in [0.25, 0.3) is 0 Å². The Bertz CT molecular complexity index is 421. The van der Waals surface area contributed by atoms with Crippen LogP contribution in [0.15, 0.2) is 18.2 Å². The number of nitrogens with zero attached hydrogens (tertiary/aromatic N) is 1. The summed E-state index contributed by atoms with van der Waals surface area (Å²) in [6, 6.07) is 5.51. The van der Waals surface area contributed by atoms with Crippen molar-refractivity contribution >= 4 is 17.3 Å². The monoisotopic (exact) mass is 265 g/mol. The van der Waals surface area contributed by atoms with Crippen LogP contribution in [0.4, 0.5) is 11.4 Å². The molecule has 0 spiro atoms. The molecule has 1 rings (SSSR count). The number of nitrogen functional groups attached to an aromatic ring is 1. The smallest absolute Gasteiger partial charge is 0.238 e. The number of hydrogen-bond donors (Lipinski definition) is 2. The summed E-state index contributed by atoms with van der Waals surface area (Å²) in [6.45, 7) is 6.29. The van der Waals surface area contributed by atoms with Gasteiger partial charge in [0.15, 0.2) is 0 Å². The number of benzene rings is 1. The molecular formula is C14H23N3O2. The van der Waals surface area contributed by atoms with Crippen molar-refractivity contribution in [3.63, 3.8) is 0 Å². The lowest BCUT2D eigenvalue weighted by atomic mass is 10.2. The summed E-state index contributed by atoms with van der Waals surface area (Å²) in [5.41, 5.74) is 8.22.